The fourth-order valence-corrected chi connectivity index (χ4v) is 5.30. The number of likely N-dealkylation sites (tertiary alicyclic amines) is 1. The minimum atomic E-state index is -0.961. The third-order valence-corrected chi connectivity index (χ3v) is 7.31. The minimum absolute atomic E-state index is 0.0391. The van der Waals surface area contributed by atoms with E-state index in [0.717, 1.165) is 16.8 Å². The van der Waals surface area contributed by atoms with E-state index in [0.29, 0.717) is 37.1 Å². The van der Waals surface area contributed by atoms with Gasteiger partial charge in [-0.2, -0.15) is 0 Å². The van der Waals surface area contributed by atoms with Gasteiger partial charge >= 0.3 is 0 Å². The van der Waals surface area contributed by atoms with E-state index in [4.69, 9.17) is 4.74 Å². The summed E-state index contributed by atoms with van der Waals surface area (Å²) in [6, 6.07) is 19.6. The van der Waals surface area contributed by atoms with Gasteiger partial charge in [-0.25, -0.2) is 0 Å². The zero-order valence-corrected chi connectivity index (χ0v) is 21.7. The van der Waals surface area contributed by atoms with Gasteiger partial charge in [0.1, 0.15) is 11.8 Å². The molecule has 3 heterocycles. The number of nitrogens with zero attached hydrogens (tertiary/aromatic N) is 3. The number of pyridine rings is 1. The van der Waals surface area contributed by atoms with Crippen molar-refractivity contribution >= 4 is 17.7 Å². The fraction of sp³-hybridized carbons (Fsp3) is 0.333. The molecule has 1 aromatic heterocycles. The highest BCUT2D eigenvalue weighted by Crippen LogP contribution is 2.39. The van der Waals surface area contributed by atoms with Crippen molar-refractivity contribution in [1.82, 2.24) is 20.1 Å². The van der Waals surface area contributed by atoms with Crippen LogP contribution in [-0.4, -0.2) is 64.0 Å². The number of hydrogen-bond donors (Lipinski definition) is 1. The summed E-state index contributed by atoms with van der Waals surface area (Å²) in [5, 5.41) is 2.92. The molecule has 2 aliphatic heterocycles. The molecule has 2 aliphatic rings. The maximum atomic E-state index is 13.9. The second-order valence-electron chi connectivity index (χ2n) is 10.0. The lowest BCUT2D eigenvalue weighted by Crippen LogP contribution is -2.59. The summed E-state index contributed by atoms with van der Waals surface area (Å²) in [7, 11) is 0. The Balaban J connectivity index is 1.37. The van der Waals surface area contributed by atoms with Crippen molar-refractivity contribution in [3.63, 3.8) is 0 Å². The molecule has 0 bridgehead atoms. The van der Waals surface area contributed by atoms with Crippen LogP contribution < -0.4 is 5.32 Å². The first-order valence-corrected chi connectivity index (χ1v) is 12.9. The highest BCUT2D eigenvalue weighted by atomic mass is 16.5. The number of rotatable bonds is 5. The van der Waals surface area contributed by atoms with E-state index in [-0.39, 0.29) is 30.9 Å². The van der Waals surface area contributed by atoms with E-state index in [1.54, 1.807) is 22.1 Å². The van der Waals surface area contributed by atoms with Gasteiger partial charge in [0.05, 0.1) is 18.8 Å². The van der Waals surface area contributed by atoms with Crippen LogP contribution in [0.5, 0.6) is 0 Å². The molecule has 2 fully saturated rings. The third kappa shape index (κ3) is 5.17. The number of amides is 3. The fourth-order valence-electron chi connectivity index (χ4n) is 5.30. The molecule has 1 atom stereocenters. The number of piperidine rings is 1. The van der Waals surface area contributed by atoms with Gasteiger partial charge in [0.15, 0.2) is 0 Å². The van der Waals surface area contributed by atoms with Crippen LogP contribution in [0, 0.1) is 13.8 Å². The van der Waals surface area contributed by atoms with Crippen LogP contribution in [0.25, 0.3) is 0 Å². The average Bonchev–Trinajstić information content (AvgIpc) is 3.30. The number of ether oxygens (including phenoxy) is 1. The topological polar surface area (TPSA) is 91.8 Å². The first kappa shape index (κ1) is 25.6. The molecule has 38 heavy (non-hydrogen) atoms. The van der Waals surface area contributed by atoms with Gasteiger partial charge in [-0.3, -0.25) is 24.3 Å². The molecule has 0 saturated carbocycles. The Morgan fingerprint density at radius 3 is 2.18 bits per heavy atom. The molecule has 2 saturated heterocycles. The molecule has 1 N–H and O–H groups in total. The Morgan fingerprint density at radius 2 is 1.58 bits per heavy atom. The minimum Gasteiger partial charge on any atom is -0.353 e. The van der Waals surface area contributed by atoms with Gasteiger partial charge in [-0.05, 0) is 50.2 Å². The van der Waals surface area contributed by atoms with Crippen molar-refractivity contribution in [2.75, 3.05) is 19.7 Å². The van der Waals surface area contributed by atoms with Crippen molar-refractivity contribution in [1.29, 1.82) is 0 Å². The monoisotopic (exact) mass is 512 g/mol. The summed E-state index contributed by atoms with van der Waals surface area (Å²) in [5.41, 5.74) is 2.91. The van der Waals surface area contributed by atoms with Gasteiger partial charge in [0.2, 0.25) is 5.91 Å². The molecular formula is C30H32N4O4. The van der Waals surface area contributed by atoms with E-state index >= 15 is 0 Å². The summed E-state index contributed by atoms with van der Waals surface area (Å²) in [4.78, 5) is 48.1. The molecule has 0 aliphatic carbocycles. The molecule has 0 radical (unpaired) electrons. The molecule has 196 valence electrons. The Kier molecular flexibility index (Phi) is 7.24. The van der Waals surface area contributed by atoms with Gasteiger partial charge in [0.25, 0.3) is 11.8 Å². The maximum Gasteiger partial charge on any atom is 0.256 e. The number of carbonyl (C=O) groups is 3. The Labute approximate surface area is 222 Å². The molecule has 8 heteroatoms. The number of nitrogens with one attached hydrogen (secondary N) is 1. The molecule has 8 nitrogen and oxygen atoms in total. The largest absolute Gasteiger partial charge is 0.353 e. The van der Waals surface area contributed by atoms with Crippen LogP contribution in [0.3, 0.4) is 0 Å². The van der Waals surface area contributed by atoms with Gasteiger partial charge in [-0.1, -0.05) is 41.5 Å². The zero-order chi connectivity index (χ0) is 26.7. The van der Waals surface area contributed by atoms with E-state index < -0.39 is 11.8 Å². The summed E-state index contributed by atoms with van der Waals surface area (Å²) in [5.74, 6) is -0.572. The normalized spacial score (nSPS) is 18.4. The maximum absolute atomic E-state index is 13.9. The molecule has 3 amide bonds. The average molecular weight is 513 g/mol. The quantitative estimate of drug-likeness (QED) is 0.565. The van der Waals surface area contributed by atoms with Crippen molar-refractivity contribution in [2.45, 2.75) is 45.0 Å². The predicted molar refractivity (Wildman–Crippen MR) is 142 cm³/mol. The Hall–Kier alpha value is -4.04. The first-order chi connectivity index (χ1) is 18.4. The van der Waals surface area contributed by atoms with E-state index in [2.05, 4.69) is 10.3 Å². The molecule has 3 aromatic rings. The highest BCUT2D eigenvalue weighted by molar-refractivity contribution is 5.99. The van der Waals surface area contributed by atoms with Crippen LogP contribution in [0.4, 0.5) is 0 Å². The second kappa shape index (κ2) is 10.8. The van der Waals surface area contributed by atoms with Crippen molar-refractivity contribution < 1.29 is 19.1 Å². The molecule has 2 aromatic carbocycles. The number of benzene rings is 2. The first-order valence-electron chi connectivity index (χ1n) is 12.9. The summed E-state index contributed by atoms with van der Waals surface area (Å²) in [6.45, 7) is 5.09. The second-order valence-corrected chi connectivity index (χ2v) is 10.0. The smallest absolute Gasteiger partial charge is 0.256 e. The molecule has 5 rings (SSSR count). The predicted octanol–water partition coefficient (Wildman–Crippen LogP) is 3.49. The summed E-state index contributed by atoms with van der Waals surface area (Å²) < 4.78 is 6.30. The Bertz CT molecular complexity index is 1330. The van der Waals surface area contributed by atoms with Crippen molar-refractivity contribution in [2.24, 2.45) is 0 Å². The van der Waals surface area contributed by atoms with Gasteiger partial charge in [0, 0.05) is 43.3 Å². The third-order valence-electron chi connectivity index (χ3n) is 7.31. The van der Waals surface area contributed by atoms with Crippen LogP contribution in [0.15, 0.2) is 72.9 Å². The number of aromatic nitrogens is 1. The number of hydrogen-bond acceptors (Lipinski definition) is 5. The SMILES string of the molecule is Cc1cccc(C(=O)N2CCC3(CC2)OC[C@H](C(=O)NCc2ccccn2)N3C(=O)c2cccc(C)c2)c1. The van der Waals surface area contributed by atoms with E-state index in [1.807, 2.05) is 74.5 Å². The lowest BCUT2D eigenvalue weighted by atomic mass is 9.95. The van der Waals surface area contributed by atoms with Crippen molar-refractivity contribution in [3.8, 4) is 0 Å². The molecule has 1 spiro atoms. The van der Waals surface area contributed by atoms with E-state index in [9.17, 15) is 14.4 Å². The Morgan fingerprint density at radius 1 is 0.921 bits per heavy atom. The lowest BCUT2D eigenvalue weighted by Gasteiger charge is -2.44. The van der Waals surface area contributed by atoms with E-state index in [1.165, 1.54) is 0 Å². The standard InChI is InChI=1S/C30H32N4O4/c1-21-7-5-9-23(17-21)28(36)33-15-12-30(13-16-33)34(29(37)24-10-6-8-22(2)18-24)26(20-38-30)27(35)32-19-25-11-3-4-14-31-25/h3-11,14,17-18,26H,12-13,15-16,19-20H2,1-2H3,(H,32,35)/t26-/m1/s1. The zero-order valence-electron chi connectivity index (χ0n) is 21.7. The van der Waals surface area contributed by atoms with Gasteiger partial charge in [-0.15, -0.1) is 0 Å². The van der Waals surface area contributed by atoms with Crippen LogP contribution in [0.2, 0.25) is 0 Å². The molecular weight excluding hydrogens is 480 g/mol. The van der Waals surface area contributed by atoms with Crippen LogP contribution in [-0.2, 0) is 16.1 Å². The number of carbonyl (C=O) groups excluding carboxylic acids is 3. The highest BCUT2D eigenvalue weighted by Gasteiger charge is 2.54. The summed E-state index contributed by atoms with van der Waals surface area (Å²) >= 11 is 0. The summed E-state index contributed by atoms with van der Waals surface area (Å²) in [6.07, 6.45) is 2.52. The number of aryl methyl sites for hydroxylation is 2. The molecule has 0 unspecified atom stereocenters. The van der Waals surface area contributed by atoms with Crippen LogP contribution >= 0.6 is 0 Å². The van der Waals surface area contributed by atoms with Crippen LogP contribution in [0.1, 0.15) is 50.4 Å². The van der Waals surface area contributed by atoms with Crippen molar-refractivity contribution in [3.05, 3.63) is 101 Å². The van der Waals surface area contributed by atoms with Gasteiger partial charge < -0.3 is 15.0 Å². The lowest BCUT2D eigenvalue weighted by molar-refractivity contribution is -0.128.